The van der Waals surface area contributed by atoms with Crippen LogP contribution < -0.4 is 4.90 Å². The summed E-state index contributed by atoms with van der Waals surface area (Å²) in [4.78, 5) is 10.5. The zero-order valence-electron chi connectivity index (χ0n) is 9.65. The van der Waals surface area contributed by atoms with Crippen molar-refractivity contribution in [1.29, 1.82) is 5.26 Å². The summed E-state index contributed by atoms with van der Waals surface area (Å²) in [5, 5.41) is 8.73. The molecule has 0 bridgehead atoms. The number of hydrogen-bond donors (Lipinski definition) is 0. The highest BCUT2D eigenvalue weighted by molar-refractivity contribution is 5.38. The van der Waals surface area contributed by atoms with Gasteiger partial charge in [0, 0.05) is 25.4 Å². The summed E-state index contributed by atoms with van der Waals surface area (Å²) in [6.07, 6.45) is 0. The van der Waals surface area contributed by atoms with Crippen LogP contribution in [0.4, 0.5) is 5.82 Å². The number of rotatable bonds is 3. The molecule has 0 aromatic carbocycles. The van der Waals surface area contributed by atoms with Crippen molar-refractivity contribution in [2.75, 3.05) is 18.5 Å². The van der Waals surface area contributed by atoms with Crippen LogP contribution in [0, 0.1) is 31.1 Å². The lowest BCUT2D eigenvalue weighted by atomic mass is 10.2. The van der Waals surface area contributed by atoms with E-state index in [2.05, 4.69) is 16.0 Å². The fourth-order valence-electron chi connectivity index (χ4n) is 1.44. The largest absolute Gasteiger partial charge is 0.358 e. The Morgan fingerprint density at radius 1 is 1.47 bits per heavy atom. The van der Waals surface area contributed by atoms with Crippen LogP contribution in [-0.4, -0.2) is 23.6 Å². The summed E-state index contributed by atoms with van der Waals surface area (Å²) in [6, 6.07) is 4.14. The monoisotopic (exact) mass is 204 g/mol. The van der Waals surface area contributed by atoms with Crippen LogP contribution in [0.5, 0.6) is 0 Å². The molecule has 0 saturated heterocycles. The Balaban J connectivity index is 2.82. The Morgan fingerprint density at radius 3 is 2.67 bits per heavy atom. The van der Waals surface area contributed by atoms with Crippen molar-refractivity contribution in [3.05, 3.63) is 17.6 Å². The van der Waals surface area contributed by atoms with Gasteiger partial charge in [-0.25, -0.2) is 9.97 Å². The molecule has 0 fully saturated rings. The van der Waals surface area contributed by atoms with E-state index in [0.29, 0.717) is 6.54 Å². The third-order valence-electron chi connectivity index (χ3n) is 2.11. The Labute approximate surface area is 90.6 Å². The van der Waals surface area contributed by atoms with Crippen LogP contribution in [0.3, 0.4) is 0 Å². The van der Waals surface area contributed by atoms with Crippen LogP contribution in [0.1, 0.15) is 18.4 Å². The molecule has 0 aliphatic heterocycles. The van der Waals surface area contributed by atoms with E-state index in [4.69, 9.17) is 5.26 Å². The Morgan fingerprint density at radius 2 is 2.13 bits per heavy atom. The first-order valence-corrected chi connectivity index (χ1v) is 4.96. The molecule has 1 heterocycles. The molecule has 1 atom stereocenters. The maximum absolute atomic E-state index is 8.73. The van der Waals surface area contributed by atoms with Crippen molar-refractivity contribution in [3.8, 4) is 6.07 Å². The highest BCUT2D eigenvalue weighted by Gasteiger charge is 2.08. The van der Waals surface area contributed by atoms with Crippen LogP contribution in [0.2, 0.25) is 0 Å². The van der Waals surface area contributed by atoms with E-state index in [1.54, 1.807) is 0 Å². The second-order valence-corrected chi connectivity index (χ2v) is 3.83. The first-order chi connectivity index (χ1) is 7.02. The van der Waals surface area contributed by atoms with E-state index in [-0.39, 0.29) is 5.92 Å². The number of nitriles is 1. The van der Waals surface area contributed by atoms with Crippen molar-refractivity contribution in [1.82, 2.24) is 9.97 Å². The molecule has 1 rings (SSSR count). The lowest BCUT2D eigenvalue weighted by Crippen LogP contribution is -2.24. The van der Waals surface area contributed by atoms with Gasteiger partial charge >= 0.3 is 0 Å². The summed E-state index contributed by atoms with van der Waals surface area (Å²) < 4.78 is 0. The van der Waals surface area contributed by atoms with Gasteiger partial charge in [-0.1, -0.05) is 0 Å². The number of aromatic nitrogens is 2. The molecule has 0 aliphatic carbocycles. The maximum atomic E-state index is 8.73. The fraction of sp³-hybridized carbons (Fsp3) is 0.545. The molecule has 0 spiro atoms. The number of anilines is 1. The van der Waals surface area contributed by atoms with E-state index >= 15 is 0 Å². The molecule has 15 heavy (non-hydrogen) atoms. The number of hydrogen-bond acceptors (Lipinski definition) is 4. The quantitative estimate of drug-likeness (QED) is 0.751. The molecule has 1 aromatic rings. The zero-order valence-corrected chi connectivity index (χ0v) is 9.65. The van der Waals surface area contributed by atoms with Crippen molar-refractivity contribution >= 4 is 5.82 Å². The highest BCUT2D eigenvalue weighted by Crippen LogP contribution is 2.11. The van der Waals surface area contributed by atoms with E-state index in [1.807, 2.05) is 38.8 Å². The van der Waals surface area contributed by atoms with E-state index in [1.165, 1.54) is 0 Å². The molecule has 4 heteroatoms. The van der Waals surface area contributed by atoms with Gasteiger partial charge in [-0.2, -0.15) is 5.26 Å². The Kier molecular flexibility index (Phi) is 3.62. The second-order valence-electron chi connectivity index (χ2n) is 3.83. The SMILES string of the molecule is Cc1cc(N(C)CC(C)C#N)nc(C)n1. The minimum absolute atomic E-state index is 0.00516. The predicted molar refractivity (Wildman–Crippen MR) is 59.6 cm³/mol. The predicted octanol–water partition coefficient (Wildman–Crippen LogP) is 1.69. The summed E-state index contributed by atoms with van der Waals surface area (Å²) in [5.74, 6) is 1.65. The van der Waals surface area contributed by atoms with Crippen molar-refractivity contribution < 1.29 is 0 Å². The first kappa shape index (κ1) is 11.4. The molecule has 4 nitrogen and oxygen atoms in total. The Bertz CT molecular complexity index is 360. The lowest BCUT2D eigenvalue weighted by Gasteiger charge is -2.19. The third kappa shape index (κ3) is 3.21. The van der Waals surface area contributed by atoms with Gasteiger partial charge in [0.1, 0.15) is 11.6 Å². The number of aryl methyl sites for hydroxylation is 2. The van der Waals surface area contributed by atoms with Gasteiger partial charge in [-0.05, 0) is 20.8 Å². The van der Waals surface area contributed by atoms with Gasteiger partial charge in [-0.3, -0.25) is 0 Å². The maximum Gasteiger partial charge on any atom is 0.132 e. The molecular formula is C11H16N4. The summed E-state index contributed by atoms with van der Waals surface area (Å²) in [5.41, 5.74) is 0.953. The average molecular weight is 204 g/mol. The molecule has 0 aliphatic rings. The smallest absolute Gasteiger partial charge is 0.132 e. The molecule has 80 valence electrons. The van der Waals surface area contributed by atoms with Crippen LogP contribution in [0.25, 0.3) is 0 Å². The van der Waals surface area contributed by atoms with E-state index in [9.17, 15) is 0 Å². The van der Waals surface area contributed by atoms with Gasteiger partial charge < -0.3 is 4.90 Å². The zero-order chi connectivity index (χ0) is 11.4. The van der Waals surface area contributed by atoms with Gasteiger partial charge in [0.15, 0.2) is 0 Å². The highest BCUT2D eigenvalue weighted by atomic mass is 15.2. The topological polar surface area (TPSA) is 52.8 Å². The van der Waals surface area contributed by atoms with Crippen molar-refractivity contribution in [2.24, 2.45) is 5.92 Å². The molecule has 1 aromatic heterocycles. The normalized spacial score (nSPS) is 11.9. The molecule has 0 amide bonds. The van der Waals surface area contributed by atoms with Gasteiger partial charge in [0.2, 0.25) is 0 Å². The van der Waals surface area contributed by atoms with Crippen LogP contribution in [-0.2, 0) is 0 Å². The van der Waals surface area contributed by atoms with Gasteiger partial charge in [0.05, 0.1) is 12.0 Å². The molecular weight excluding hydrogens is 188 g/mol. The minimum atomic E-state index is 0.00516. The van der Waals surface area contributed by atoms with E-state index < -0.39 is 0 Å². The summed E-state index contributed by atoms with van der Waals surface area (Å²) in [7, 11) is 1.94. The first-order valence-electron chi connectivity index (χ1n) is 4.96. The second kappa shape index (κ2) is 4.74. The minimum Gasteiger partial charge on any atom is -0.358 e. The van der Waals surface area contributed by atoms with Crippen molar-refractivity contribution in [3.63, 3.8) is 0 Å². The third-order valence-corrected chi connectivity index (χ3v) is 2.11. The summed E-state index contributed by atoms with van der Waals surface area (Å²) in [6.45, 7) is 6.40. The lowest BCUT2D eigenvalue weighted by molar-refractivity contribution is 0.707. The molecule has 0 saturated carbocycles. The Hall–Kier alpha value is -1.63. The molecule has 0 radical (unpaired) electrons. The van der Waals surface area contributed by atoms with Crippen molar-refractivity contribution in [2.45, 2.75) is 20.8 Å². The van der Waals surface area contributed by atoms with Crippen LogP contribution >= 0.6 is 0 Å². The van der Waals surface area contributed by atoms with Crippen LogP contribution in [0.15, 0.2) is 6.07 Å². The summed E-state index contributed by atoms with van der Waals surface area (Å²) >= 11 is 0. The fourth-order valence-corrected chi connectivity index (χ4v) is 1.44. The average Bonchev–Trinajstić information content (AvgIpc) is 2.16. The van der Waals surface area contributed by atoms with E-state index in [0.717, 1.165) is 17.3 Å². The standard InChI is InChI=1S/C11H16N4/c1-8(6-12)7-15(4)11-5-9(2)13-10(3)14-11/h5,8H,7H2,1-4H3. The number of nitrogens with zero attached hydrogens (tertiary/aromatic N) is 4. The van der Waals surface area contributed by atoms with Gasteiger partial charge in [0.25, 0.3) is 0 Å². The van der Waals surface area contributed by atoms with Gasteiger partial charge in [-0.15, -0.1) is 0 Å². The molecule has 1 unspecified atom stereocenters. The molecule has 0 N–H and O–H groups in total.